The number of aliphatic hydroxyl groups excluding tert-OH is 8. The first kappa shape index (κ1) is 69.2. The minimum atomic E-state index is -2.23. The molecular weight excluding hydrogens is 1090 g/mol. The highest BCUT2D eigenvalue weighted by molar-refractivity contribution is 5.90. The summed E-state index contributed by atoms with van der Waals surface area (Å²) in [6.45, 7) is 14.4. The molecule has 4 aliphatic rings. The summed E-state index contributed by atoms with van der Waals surface area (Å²) in [5.74, 6) is -5.64. The number of rotatable bonds is 23. The van der Waals surface area contributed by atoms with Gasteiger partial charge in [-0.1, -0.05) is 43.4 Å². The monoisotopic (exact) mass is 1170 g/mol. The molecule has 4 saturated heterocycles. The Balaban J connectivity index is 1.88. The molecular formula is C55H80O27. The van der Waals surface area contributed by atoms with Gasteiger partial charge in [-0.25, -0.2) is 28.8 Å². The summed E-state index contributed by atoms with van der Waals surface area (Å²) < 4.78 is 76.1. The highest BCUT2D eigenvalue weighted by atomic mass is 16.8. The molecule has 4 heterocycles. The second kappa shape index (κ2) is 32.1. The van der Waals surface area contributed by atoms with E-state index in [2.05, 4.69) is 0 Å². The standard InChI is InChI=1S/C55H80O27/c1-13-24(8)46(64)70-22-32-34(58)36(60)44(80-52-38(62)42(78-50(68)28(12)17-5)40(30(20-56)72-52)76-48(66)26(10)15-3)54(74-32)82-55-45(37(61)35(59)33(75-55)23-71-47(65)25(9)14-2)81-53-39(63)43(79-51(69)29(18-6)19-7)41(31(21-57)73-53)77-49(67)27(11)16-4/h13-18,30-45,52-63H,19-23H2,1-12H3. The molecule has 0 aromatic rings. The van der Waals surface area contributed by atoms with E-state index >= 15 is 0 Å². The Bertz CT molecular complexity index is 2390. The Hall–Kier alpha value is -5.34. The quantitative estimate of drug-likeness (QED) is 0.0371. The molecule has 27 nitrogen and oxygen atoms in total. The molecule has 0 bridgehead atoms. The molecule has 0 amide bonds. The van der Waals surface area contributed by atoms with Crippen molar-refractivity contribution in [3.05, 3.63) is 69.9 Å². The van der Waals surface area contributed by atoms with Crippen LogP contribution in [0.5, 0.6) is 0 Å². The minimum absolute atomic E-state index is 0.0358. The Morgan fingerprint density at radius 3 is 0.976 bits per heavy atom. The highest BCUT2D eigenvalue weighted by Gasteiger charge is 2.58. The van der Waals surface area contributed by atoms with E-state index in [1.165, 1.54) is 91.8 Å². The Kier molecular flexibility index (Phi) is 27.1. The van der Waals surface area contributed by atoms with E-state index in [1.54, 1.807) is 27.7 Å². The third-order valence-corrected chi connectivity index (χ3v) is 14.2. The second-order valence-electron chi connectivity index (χ2n) is 19.5. The van der Waals surface area contributed by atoms with Crippen molar-refractivity contribution in [1.82, 2.24) is 0 Å². The van der Waals surface area contributed by atoms with E-state index in [-0.39, 0.29) is 39.9 Å². The maximum atomic E-state index is 13.5. The SMILES string of the molecule is CC=C(C)C(=O)OCC1OC(OC2OC(COC(=O)C(C)=CC)C(O)C(O)C2OC2OC(CO)C(OC(=O)C(C)=CC)C(OC(=O)C(=CC)CC)C2O)C(OC2OC(CO)C(OC(=O)C(C)=CC)C(OC(=O)C(C)=CC)C2O)C(O)C1O. The number of aliphatic hydroxyl groups is 8. The van der Waals surface area contributed by atoms with Crippen LogP contribution in [-0.4, -0.2) is 226 Å². The van der Waals surface area contributed by atoms with Crippen LogP contribution in [0.4, 0.5) is 0 Å². The Morgan fingerprint density at radius 2 is 0.671 bits per heavy atom. The van der Waals surface area contributed by atoms with Crippen molar-refractivity contribution in [3.8, 4) is 0 Å². The number of allylic oxidation sites excluding steroid dienone is 6. The highest BCUT2D eigenvalue weighted by Crippen LogP contribution is 2.37. The van der Waals surface area contributed by atoms with Gasteiger partial charge >= 0.3 is 35.8 Å². The Labute approximate surface area is 474 Å². The molecule has 4 fully saturated rings. The zero-order valence-corrected chi connectivity index (χ0v) is 47.9. The fourth-order valence-electron chi connectivity index (χ4n) is 8.35. The maximum absolute atomic E-state index is 13.5. The first-order valence-corrected chi connectivity index (χ1v) is 26.7. The van der Waals surface area contributed by atoms with Crippen LogP contribution in [0.2, 0.25) is 0 Å². The van der Waals surface area contributed by atoms with Crippen molar-refractivity contribution in [3.63, 3.8) is 0 Å². The van der Waals surface area contributed by atoms with Crippen molar-refractivity contribution in [2.45, 2.75) is 212 Å². The zero-order valence-electron chi connectivity index (χ0n) is 47.9. The zero-order chi connectivity index (χ0) is 61.4. The summed E-state index contributed by atoms with van der Waals surface area (Å²) in [5.41, 5.74) is 0.577. The predicted molar refractivity (Wildman–Crippen MR) is 278 cm³/mol. The lowest BCUT2D eigenvalue weighted by molar-refractivity contribution is -0.414. The number of carbonyl (C=O) groups excluding carboxylic acids is 6. The topological polar surface area (TPSA) is 384 Å². The van der Waals surface area contributed by atoms with Crippen molar-refractivity contribution in [2.75, 3.05) is 26.4 Å². The molecule has 0 spiro atoms. The minimum Gasteiger partial charge on any atom is -0.459 e. The lowest BCUT2D eigenvalue weighted by Gasteiger charge is -2.49. The van der Waals surface area contributed by atoms with Crippen LogP contribution in [0, 0.1) is 0 Å². The molecule has 4 aliphatic heterocycles. The maximum Gasteiger partial charge on any atom is 0.334 e. The molecule has 8 N–H and O–H groups in total. The fraction of sp³-hybridized carbons (Fsp3) is 0.673. The fourth-order valence-corrected chi connectivity index (χ4v) is 8.35. The molecule has 0 aromatic heterocycles. The van der Waals surface area contributed by atoms with Crippen LogP contribution in [0.1, 0.15) is 89.5 Å². The molecule has 4 rings (SSSR count). The second-order valence-corrected chi connectivity index (χ2v) is 19.5. The van der Waals surface area contributed by atoms with E-state index in [0.717, 1.165) is 0 Å². The average molecular weight is 1170 g/mol. The Morgan fingerprint density at radius 1 is 0.366 bits per heavy atom. The van der Waals surface area contributed by atoms with E-state index in [1.807, 2.05) is 0 Å². The van der Waals surface area contributed by atoms with Crippen LogP contribution >= 0.6 is 0 Å². The van der Waals surface area contributed by atoms with Gasteiger partial charge in [0.05, 0.1) is 13.2 Å². The van der Waals surface area contributed by atoms with Gasteiger partial charge in [-0.3, -0.25) is 0 Å². The lowest BCUT2D eigenvalue weighted by atomic mass is 9.96. The molecule has 0 aromatic carbocycles. The van der Waals surface area contributed by atoms with Gasteiger partial charge < -0.3 is 102 Å². The van der Waals surface area contributed by atoms with Crippen LogP contribution in [0.3, 0.4) is 0 Å². The summed E-state index contributed by atoms with van der Waals surface area (Å²) in [6, 6.07) is 0. The van der Waals surface area contributed by atoms with Gasteiger partial charge in [0, 0.05) is 33.4 Å². The molecule has 462 valence electrons. The van der Waals surface area contributed by atoms with E-state index < -0.39 is 185 Å². The predicted octanol–water partition coefficient (Wildman–Crippen LogP) is -0.256. The van der Waals surface area contributed by atoms with Gasteiger partial charge in [0.15, 0.2) is 49.6 Å². The lowest BCUT2D eigenvalue weighted by Crippen LogP contribution is -2.68. The largest absolute Gasteiger partial charge is 0.459 e. The normalized spacial score (nSPS) is 35.3. The van der Waals surface area contributed by atoms with Crippen LogP contribution in [0.15, 0.2) is 69.9 Å². The van der Waals surface area contributed by atoms with Crippen LogP contribution in [-0.2, 0) is 90.3 Å². The van der Waals surface area contributed by atoms with Crippen LogP contribution in [0.25, 0.3) is 0 Å². The van der Waals surface area contributed by atoms with Gasteiger partial charge in [0.1, 0.15) is 86.5 Å². The van der Waals surface area contributed by atoms with Crippen molar-refractivity contribution < 1.29 is 131 Å². The molecule has 0 saturated carbocycles. The summed E-state index contributed by atoms with van der Waals surface area (Å²) >= 11 is 0. The van der Waals surface area contributed by atoms with E-state index in [9.17, 15) is 69.6 Å². The van der Waals surface area contributed by atoms with Crippen LogP contribution < -0.4 is 0 Å². The van der Waals surface area contributed by atoms with Gasteiger partial charge in [-0.05, 0) is 82.6 Å². The van der Waals surface area contributed by atoms with Crippen molar-refractivity contribution >= 4 is 35.8 Å². The number of hydrogen-bond donors (Lipinski definition) is 8. The van der Waals surface area contributed by atoms with Gasteiger partial charge in [-0.15, -0.1) is 0 Å². The third kappa shape index (κ3) is 16.9. The van der Waals surface area contributed by atoms with Gasteiger partial charge in [0.2, 0.25) is 0 Å². The van der Waals surface area contributed by atoms with Crippen molar-refractivity contribution in [2.24, 2.45) is 0 Å². The molecule has 20 unspecified atom stereocenters. The summed E-state index contributed by atoms with van der Waals surface area (Å²) in [5, 5.41) is 92.6. The first-order chi connectivity index (χ1) is 38.8. The molecule has 82 heavy (non-hydrogen) atoms. The molecule has 0 aliphatic carbocycles. The number of ether oxygens (including phenoxy) is 13. The number of carbonyl (C=O) groups is 6. The molecule has 0 radical (unpaired) electrons. The number of hydrogen-bond acceptors (Lipinski definition) is 27. The van der Waals surface area contributed by atoms with Gasteiger partial charge in [0.25, 0.3) is 0 Å². The smallest absolute Gasteiger partial charge is 0.334 e. The first-order valence-electron chi connectivity index (χ1n) is 26.7. The van der Waals surface area contributed by atoms with E-state index in [4.69, 9.17) is 61.6 Å². The summed E-state index contributed by atoms with van der Waals surface area (Å²) in [7, 11) is 0. The van der Waals surface area contributed by atoms with Crippen molar-refractivity contribution in [1.29, 1.82) is 0 Å². The number of esters is 6. The van der Waals surface area contributed by atoms with Gasteiger partial charge in [-0.2, -0.15) is 0 Å². The summed E-state index contributed by atoms with van der Waals surface area (Å²) in [6.07, 6.45) is -31.2. The third-order valence-electron chi connectivity index (χ3n) is 14.2. The molecule has 27 heteroatoms. The molecule has 20 atom stereocenters. The van der Waals surface area contributed by atoms with E-state index in [0.29, 0.717) is 0 Å². The summed E-state index contributed by atoms with van der Waals surface area (Å²) in [4.78, 5) is 78.8. The average Bonchev–Trinajstić information content (AvgIpc) is 3.58.